The standard InChI is InChI=1S/C13H16O3/c1-9(8-14)6-7-12-10-4-2-3-5-11(10)13(15)16-12/h2-5,12-15H,1,6-8H2. The maximum Gasteiger partial charge on any atom is 0.182 e. The SMILES string of the molecule is C=C(CO)CCC1OC(O)c2ccccc21. The number of fused-ring (bicyclic) bond motifs is 1. The lowest BCUT2D eigenvalue weighted by Gasteiger charge is -2.11. The van der Waals surface area contributed by atoms with Crippen molar-refractivity contribution in [2.75, 3.05) is 6.61 Å². The highest BCUT2D eigenvalue weighted by atomic mass is 16.6. The maximum absolute atomic E-state index is 9.68. The second-order valence-corrected chi connectivity index (χ2v) is 4.05. The molecule has 0 radical (unpaired) electrons. The van der Waals surface area contributed by atoms with Crippen LogP contribution in [0.2, 0.25) is 0 Å². The smallest absolute Gasteiger partial charge is 0.182 e. The zero-order chi connectivity index (χ0) is 11.5. The van der Waals surface area contributed by atoms with E-state index in [2.05, 4.69) is 6.58 Å². The van der Waals surface area contributed by atoms with E-state index in [1.165, 1.54) is 0 Å². The van der Waals surface area contributed by atoms with Crippen LogP contribution in [0.5, 0.6) is 0 Å². The molecule has 1 heterocycles. The molecule has 0 spiro atoms. The molecule has 0 bridgehead atoms. The molecule has 2 unspecified atom stereocenters. The van der Waals surface area contributed by atoms with E-state index in [1.54, 1.807) is 0 Å². The molecule has 3 heteroatoms. The minimum atomic E-state index is -0.816. The summed E-state index contributed by atoms with van der Waals surface area (Å²) in [6, 6.07) is 7.67. The highest BCUT2D eigenvalue weighted by Gasteiger charge is 2.29. The van der Waals surface area contributed by atoms with E-state index in [-0.39, 0.29) is 12.7 Å². The van der Waals surface area contributed by atoms with E-state index in [0.29, 0.717) is 6.42 Å². The Morgan fingerprint density at radius 3 is 2.69 bits per heavy atom. The molecule has 0 aliphatic carbocycles. The van der Waals surface area contributed by atoms with Gasteiger partial charge in [0.05, 0.1) is 12.7 Å². The summed E-state index contributed by atoms with van der Waals surface area (Å²) in [6.45, 7) is 3.75. The van der Waals surface area contributed by atoms with Crippen LogP contribution < -0.4 is 0 Å². The van der Waals surface area contributed by atoms with Crippen molar-refractivity contribution >= 4 is 0 Å². The van der Waals surface area contributed by atoms with Crippen LogP contribution >= 0.6 is 0 Å². The summed E-state index contributed by atoms with van der Waals surface area (Å²) >= 11 is 0. The summed E-state index contributed by atoms with van der Waals surface area (Å²) in [6.07, 6.45) is 0.550. The Balaban J connectivity index is 2.06. The molecule has 1 aromatic rings. The number of ether oxygens (including phenoxy) is 1. The zero-order valence-electron chi connectivity index (χ0n) is 9.10. The van der Waals surface area contributed by atoms with E-state index in [9.17, 15) is 5.11 Å². The summed E-state index contributed by atoms with van der Waals surface area (Å²) < 4.78 is 5.46. The second kappa shape index (κ2) is 4.78. The summed E-state index contributed by atoms with van der Waals surface area (Å²) in [5.41, 5.74) is 2.69. The Hall–Kier alpha value is -1.16. The van der Waals surface area contributed by atoms with Gasteiger partial charge in [-0.15, -0.1) is 0 Å². The van der Waals surface area contributed by atoms with Crippen LogP contribution in [0, 0.1) is 0 Å². The molecule has 1 aliphatic heterocycles. The first-order valence-corrected chi connectivity index (χ1v) is 5.42. The molecule has 16 heavy (non-hydrogen) atoms. The van der Waals surface area contributed by atoms with Crippen molar-refractivity contribution in [2.24, 2.45) is 0 Å². The summed E-state index contributed by atoms with van der Waals surface area (Å²) in [4.78, 5) is 0. The first-order valence-electron chi connectivity index (χ1n) is 5.42. The molecule has 0 saturated heterocycles. The maximum atomic E-state index is 9.68. The quantitative estimate of drug-likeness (QED) is 0.764. The predicted molar refractivity (Wildman–Crippen MR) is 60.7 cm³/mol. The Morgan fingerprint density at radius 1 is 1.31 bits per heavy atom. The van der Waals surface area contributed by atoms with Crippen molar-refractivity contribution in [1.29, 1.82) is 0 Å². The molecule has 0 amide bonds. The number of hydrogen-bond donors (Lipinski definition) is 2. The molecular formula is C13H16O3. The van der Waals surface area contributed by atoms with Crippen molar-refractivity contribution in [2.45, 2.75) is 25.2 Å². The normalized spacial score (nSPS) is 23.1. The molecule has 2 atom stereocenters. The summed E-state index contributed by atoms with van der Waals surface area (Å²) in [5.74, 6) is 0. The average molecular weight is 220 g/mol. The van der Waals surface area contributed by atoms with Crippen LogP contribution in [0.3, 0.4) is 0 Å². The Labute approximate surface area is 95.0 Å². The Bertz CT molecular complexity index is 387. The molecule has 3 nitrogen and oxygen atoms in total. The number of aliphatic hydroxyl groups excluding tert-OH is 2. The fraction of sp³-hybridized carbons (Fsp3) is 0.385. The van der Waals surface area contributed by atoms with Crippen LogP contribution in [0.25, 0.3) is 0 Å². The summed E-state index contributed by atoms with van der Waals surface area (Å²) in [5, 5.41) is 18.5. The van der Waals surface area contributed by atoms with Gasteiger partial charge in [-0.05, 0) is 18.4 Å². The van der Waals surface area contributed by atoms with Gasteiger partial charge in [-0.2, -0.15) is 0 Å². The molecule has 1 aliphatic rings. The zero-order valence-corrected chi connectivity index (χ0v) is 9.10. The molecular weight excluding hydrogens is 204 g/mol. The topological polar surface area (TPSA) is 49.7 Å². The minimum absolute atomic E-state index is 0.0108. The third-order valence-electron chi connectivity index (χ3n) is 2.89. The van der Waals surface area contributed by atoms with Crippen LogP contribution in [0.1, 0.15) is 36.4 Å². The third-order valence-corrected chi connectivity index (χ3v) is 2.89. The summed E-state index contributed by atoms with van der Waals surface area (Å²) in [7, 11) is 0. The second-order valence-electron chi connectivity index (χ2n) is 4.05. The van der Waals surface area contributed by atoms with E-state index >= 15 is 0 Å². The van der Waals surface area contributed by atoms with Crippen LogP contribution in [0.15, 0.2) is 36.4 Å². The molecule has 0 saturated carbocycles. The number of benzene rings is 1. The molecule has 1 aromatic carbocycles. The lowest BCUT2D eigenvalue weighted by atomic mass is 10.00. The third kappa shape index (κ3) is 2.16. The Morgan fingerprint density at radius 2 is 2.00 bits per heavy atom. The van der Waals surface area contributed by atoms with Crippen molar-refractivity contribution in [3.05, 3.63) is 47.5 Å². The van der Waals surface area contributed by atoms with E-state index in [1.807, 2.05) is 24.3 Å². The van der Waals surface area contributed by atoms with Gasteiger partial charge in [0.2, 0.25) is 0 Å². The first-order chi connectivity index (χ1) is 7.72. The lowest BCUT2D eigenvalue weighted by molar-refractivity contribution is -0.122. The van der Waals surface area contributed by atoms with Crippen molar-refractivity contribution in [3.8, 4) is 0 Å². The van der Waals surface area contributed by atoms with Crippen LogP contribution in [0.4, 0.5) is 0 Å². The minimum Gasteiger partial charge on any atom is -0.392 e. The lowest BCUT2D eigenvalue weighted by Crippen LogP contribution is -1.99. The number of hydrogen-bond acceptors (Lipinski definition) is 3. The van der Waals surface area contributed by atoms with Gasteiger partial charge in [0.15, 0.2) is 6.29 Å². The molecule has 2 rings (SSSR count). The van der Waals surface area contributed by atoms with Crippen molar-refractivity contribution in [3.63, 3.8) is 0 Å². The van der Waals surface area contributed by atoms with Gasteiger partial charge in [-0.3, -0.25) is 0 Å². The Kier molecular flexibility index (Phi) is 3.39. The van der Waals surface area contributed by atoms with E-state index < -0.39 is 6.29 Å². The molecule has 0 fully saturated rings. The number of aliphatic hydroxyl groups is 2. The van der Waals surface area contributed by atoms with E-state index in [4.69, 9.17) is 9.84 Å². The molecule has 86 valence electrons. The van der Waals surface area contributed by atoms with Crippen LogP contribution in [-0.2, 0) is 4.74 Å². The molecule has 2 N–H and O–H groups in total. The van der Waals surface area contributed by atoms with Crippen molar-refractivity contribution < 1.29 is 14.9 Å². The van der Waals surface area contributed by atoms with Gasteiger partial charge in [-0.25, -0.2) is 0 Å². The van der Waals surface area contributed by atoms with Gasteiger partial charge in [-0.1, -0.05) is 36.4 Å². The fourth-order valence-corrected chi connectivity index (χ4v) is 1.97. The van der Waals surface area contributed by atoms with Crippen molar-refractivity contribution in [1.82, 2.24) is 0 Å². The first kappa shape index (κ1) is 11.3. The molecule has 0 aromatic heterocycles. The van der Waals surface area contributed by atoms with Crippen LogP contribution in [-0.4, -0.2) is 16.8 Å². The largest absolute Gasteiger partial charge is 0.392 e. The van der Waals surface area contributed by atoms with Gasteiger partial charge in [0.1, 0.15) is 0 Å². The van der Waals surface area contributed by atoms with E-state index in [0.717, 1.165) is 23.1 Å². The fourth-order valence-electron chi connectivity index (χ4n) is 1.97. The van der Waals surface area contributed by atoms with Gasteiger partial charge >= 0.3 is 0 Å². The van der Waals surface area contributed by atoms with Gasteiger partial charge in [0.25, 0.3) is 0 Å². The highest BCUT2D eigenvalue weighted by Crippen LogP contribution is 2.40. The van der Waals surface area contributed by atoms with Gasteiger partial charge in [0, 0.05) is 5.56 Å². The highest BCUT2D eigenvalue weighted by molar-refractivity contribution is 5.33. The van der Waals surface area contributed by atoms with Gasteiger partial charge < -0.3 is 14.9 Å². The number of rotatable bonds is 4. The monoisotopic (exact) mass is 220 g/mol. The predicted octanol–water partition coefficient (Wildman–Crippen LogP) is 2.08. The average Bonchev–Trinajstić information content (AvgIpc) is 2.64.